The molecule has 0 aliphatic rings. The predicted molar refractivity (Wildman–Crippen MR) is 75.8 cm³/mol. The monoisotopic (exact) mass is 272 g/mol. The number of likely N-dealkylation sites (N-methyl/N-ethyl adjacent to an activating group) is 1. The molecule has 0 bridgehead atoms. The van der Waals surface area contributed by atoms with Crippen LogP contribution in [0.25, 0.3) is 0 Å². The fourth-order valence-corrected chi connectivity index (χ4v) is 1.45. The largest absolute Gasteiger partial charge is 0.464 e. The summed E-state index contributed by atoms with van der Waals surface area (Å²) in [5.41, 5.74) is -0.981. The first-order valence-electron chi connectivity index (χ1n) is 6.83. The molecular weight excluding hydrogens is 244 g/mol. The number of carbonyl (C=O) groups excluding carboxylic acids is 2. The molecule has 1 unspecified atom stereocenters. The van der Waals surface area contributed by atoms with Crippen LogP contribution in [0.2, 0.25) is 0 Å². The summed E-state index contributed by atoms with van der Waals surface area (Å²) in [6.45, 7) is 11.9. The highest BCUT2D eigenvalue weighted by molar-refractivity contribution is 5.88. The molecule has 1 atom stereocenters. The van der Waals surface area contributed by atoms with Crippen molar-refractivity contribution in [3.05, 3.63) is 0 Å². The molecule has 0 aliphatic heterocycles. The van der Waals surface area contributed by atoms with Crippen LogP contribution < -0.4 is 5.32 Å². The van der Waals surface area contributed by atoms with Crippen molar-refractivity contribution in [3.63, 3.8) is 0 Å². The minimum atomic E-state index is -0.981. The predicted octanol–water partition coefficient (Wildman–Crippen LogP) is 1.42. The number of hydrogen-bond acceptors (Lipinski definition) is 4. The van der Waals surface area contributed by atoms with E-state index in [1.165, 1.54) is 0 Å². The second-order valence-corrected chi connectivity index (χ2v) is 5.63. The van der Waals surface area contributed by atoms with Gasteiger partial charge in [-0.15, -0.1) is 0 Å². The van der Waals surface area contributed by atoms with E-state index in [0.29, 0.717) is 6.61 Å². The molecule has 5 heteroatoms. The number of nitrogens with one attached hydrogen (secondary N) is 1. The third-order valence-electron chi connectivity index (χ3n) is 3.53. The Kier molecular flexibility index (Phi) is 7.05. The Hall–Kier alpha value is -1.10. The van der Waals surface area contributed by atoms with Crippen LogP contribution in [-0.2, 0) is 14.3 Å². The minimum Gasteiger partial charge on any atom is -0.464 e. The minimum absolute atomic E-state index is 0.0418. The fraction of sp³-hybridized carbons (Fsp3) is 0.857. The molecule has 0 aromatic rings. The van der Waals surface area contributed by atoms with Gasteiger partial charge in [-0.3, -0.25) is 9.69 Å². The highest BCUT2D eigenvalue weighted by Crippen LogP contribution is 2.18. The smallest absolute Gasteiger partial charge is 0.331 e. The molecule has 0 saturated carbocycles. The molecule has 112 valence electrons. The van der Waals surface area contributed by atoms with Gasteiger partial charge >= 0.3 is 5.97 Å². The highest BCUT2D eigenvalue weighted by atomic mass is 16.5. The van der Waals surface area contributed by atoms with E-state index in [-0.39, 0.29) is 30.4 Å². The molecule has 0 fully saturated rings. The molecule has 0 saturated heterocycles. The lowest BCUT2D eigenvalue weighted by atomic mass is 9.88. The number of hydrogen-bond donors (Lipinski definition) is 1. The summed E-state index contributed by atoms with van der Waals surface area (Å²) in [6, 6.07) is 0.277. The van der Waals surface area contributed by atoms with Crippen LogP contribution in [0, 0.1) is 5.92 Å². The maximum absolute atomic E-state index is 12.0. The molecule has 0 heterocycles. The Balaban J connectivity index is 4.76. The second kappa shape index (κ2) is 7.48. The van der Waals surface area contributed by atoms with Gasteiger partial charge in [0.15, 0.2) is 0 Å². The lowest BCUT2D eigenvalue weighted by molar-refractivity contribution is -0.154. The standard InChI is InChI=1S/C14H28N2O3/c1-8-19-13(18)14(6,10(2)3)15-12(17)9-16(7)11(4)5/h10-11H,8-9H2,1-7H3,(H,15,17). The molecule has 0 rings (SSSR count). The molecule has 19 heavy (non-hydrogen) atoms. The summed E-state index contributed by atoms with van der Waals surface area (Å²) in [4.78, 5) is 26.0. The third-order valence-corrected chi connectivity index (χ3v) is 3.53. The molecule has 0 aromatic carbocycles. The van der Waals surface area contributed by atoms with E-state index in [9.17, 15) is 9.59 Å². The summed E-state index contributed by atoms with van der Waals surface area (Å²) in [6.07, 6.45) is 0. The SMILES string of the molecule is CCOC(=O)C(C)(NC(=O)CN(C)C(C)C)C(C)C. The first-order chi connectivity index (χ1) is 8.65. The van der Waals surface area contributed by atoms with Gasteiger partial charge < -0.3 is 10.1 Å². The van der Waals surface area contributed by atoms with E-state index in [1.54, 1.807) is 13.8 Å². The van der Waals surface area contributed by atoms with E-state index >= 15 is 0 Å². The zero-order valence-corrected chi connectivity index (χ0v) is 13.2. The van der Waals surface area contributed by atoms with Gasteiger partial charge in [-0.2, -0.15) is 0 Å². The van der Waals surface area contributed by atoms with Gasteiger partial charge in [0.1, 0.15) is 5.54 Å². The van der Waals surface area contributed by atoms with Gasteiger partial charge in [0.25, 0.3) is 0 Å². The summed E-state index contributed by atoms with van der Waals surface area (Å²) in [7, 11) is 1.88. The van der Waals surface area contributed by atoms with E-state index in [1.807, 2.05) is 39.6 Å². The van der Waals surface area contributed by atoms with Crippen LogP contribution in [-0.4, -0.2) is 48.6 Å². The summed E-state index contributed by atoms with van der Waals surface area (Å²) < 4.78 is 5.05. The summed E-state index contributed by atoms with van der Waals surface area (Å²) >= 11 is 0. The zero-order chi connectivity index (χ0) is 15.2. The third kappa shape index (κ3) is 5.19. The number of carbonyl (C=O) groups is 2. The molecule has 1 N–H and O–H groups in total. The lowest BCUT2D eigenvalue weighted by Crippen LogP contribution is -2.58. The van der Waals surface area contributed by atoms with Gasteiger partial charge in [0, 0.05) is 6.04 Å². The van der Waals surface area contributed by atoms with Gasteiger partial charge in [0.2, 0.25) is 5.91 Å². The van der Waals surface area contributed by atoms with Crippen molar-refractivity contribution >= 4 is 11.9 Å². The summed E-state index contributed by atoms with van der Waals surface area (Å²) in [5, 5.41) is 2.81. The number of nitrogens with zero attached hydrogens (tertiary/aromatic N) is 1. The Labute approximate surface area is 116 Å². The van der Waals surface area contributed by atoms with E-state index < -0.39 is 5.54 Å². The fourth-order valence-electron chi connectivity index (χ4n) is 1.45. The molecule has 5 nitrogen and oxygen atoms in total. The molecule has 0 aliphatic carbocycles. The Morgan fingerprint density at radius 1 is 1.26 bits per heavy atom. The van der Waals surface area contributed by atoms with Gasteiger partial charge in [0.05, 0.1) is 13.2 Å². The molecule has 0 radical (unpaired) electrons. The van der Waals surface area contributed by atoms with Crippen LogP contribution in [0.15, 0.2) is 0 Å². The van der Waals surface area contributed by atoms with Crippen molar-refractivity contribution in [2.24, 2.45) is 5.92 Å². The van der Waals surface area contributed by atoms with Gasteiger partial charge in [-0.25, -0.2) is 4.79 Å². The van der Waals surface area contributed by atoms with Crippen molar-refractivity contribution in [3.8, 4) is 0 Å². The summed E-state index contributed by atoms with van der Waals surface area (Å²) in [5.74, 6) is -0.592. The Bertz CT molecular complexity index is 316. The maximum Gasteiger partial charge on any atom is 0.331 e. The van der Waals surface area contributed by atoms with Crippen molar-refractivity contribution < 1.29 is 14.3 Å². The van der Waals surface area contributed by atoms with Crippen LogP contribution in [0.5, 0.6) is 0 Å². The van der Waals surface area contributed by atoms with Crippen LogP contribution in [0.3, 0.4) is 0 Å². The molecule has 0 aromatic heterocycles. The van der Waals surface area contributed by atoms with Crippen LogP contribution >= 0.6 is 0 Å². The molecule has 1 amide bonds. The van der Waals surface area contributed by atoms with Gasteiger partial charge in [-0.05, 0) is 40.7 Å². The quantitative estimate of drug-likeness (QED) is 0.712. The molecular formula is C14H28N2O3. The van der Waals surface area contributed by atoms with Crippen LogP contribution in [0.4, 0.5) is 0 Å². The van der Waals surface area contributed by atoms with Crippen molar-refractivity contribution in [2.75, 3.05) is 20.2 Å². The zero-order valence-electron chi connectivity index (χ0n) is 13.2. The van der Waals surface area contributed by atoms with E-state index in [2.05, 4.69) is 5.32 Å². The average molecular weight is 272 g/mol. The van der Waals surface area contributed by atoms with Gasteiger partial charge in [-0.1, -0.05) is 13.8 Å². The van der Waals surface area contributed by atoms with E-state index in [4.69, 9.17) is 4.74 Å². The van der Waals surface area contributed by atoms with Crippen LogP contribution in [0.1, 0.15) is 41.5 Å². The molecule has 0 spiro atoms. The number of esters is 1. The Morgan fingerprint density at radius 2 is 1.79 bits per heavy atom. The number of ether oxygens (including phenoxy) is 1. The Morgan fingerprint density at radius 3 is 2.16 bits per heavy atom. The number of rotatable bonds is 7. The highest BCUT2D eigenvalue weighted by Gasteiger charge is 2.39. The first-order valence-corrected chi connectivity index (χ1v) is 6.83. The number of amides is 1. The topological polar surface area (TPSA) is 58.6 Å². The second-order valence-electron chi connectivity index (χ2n) is 5.63. The van der Waals surface area contributed by atoms with Crippen molar-refractivity contribution in [1.29, 1.82) is 0 Å². The first kappa shape index (κ1) is 17.9. The van der Waals surface area contributed by atoms with Crippen molar-refractivity contribution in [2.45, 2.75) is 53.1 Å². The maximum atomic E-state index is 12.0. The van der Waals surface area contributed by atoms with E-state index in [0.717, 1.165) is 0 Å². The normalized spacial score (nSPS) is 14.6. The lowest BCUT2D eigenvalue weighted by Gasteiger charge is -2.33. The average Bonchev–Trinajstić information content (AvgIpc) is 2.28. The van der Waals surface area contributed by atoms with Crippen molar-refractivity contribution in [1.82, 2.24) is 10.2 Å².